The zero-order valence-electron chi connectivity index (χ0n) is 8.60. The van der Waals surface area contributed by atoms with Gasteiger partial charge in [0.25, 0.3) is 0 Å². The molecular weight excluding hydrogens is 192 g/mol. The van der Waals surface area contributed by atoms with E-state index < -0.39 is 0 Å². The highest BCUT2D eigenvalue weighted by Crippen LogP contribution is 2.25. The number of benzene rings is 1. The van der Waals surface area contributed by atoms with Crippen LogP contribution in [0.15, 0.2) is 30.4 Å². The predicted molar refractivity (Wildman–Crippen MR) is 57.9 cm³/mol. The number of allylic oxidation sites excluding steroid dienone is 2. The van der Waals surface area contributed by atoms with Gasteiger partial charge in [-0.05, 0) is 37.1 Å². The molecule has 0 aliphatic rings. The zero-order chi connectivity index (χ0) is 11.3. The highest BCUT2D eigenvalue weighted by Gasteiger charge is 2.02. The van der Waals surface area contributed by atoms with Crippen molar-refractivity contribution in [2.24, 2.45) is 0 Å². The van der Waals surface area contributed by atoms with Gasteiger partial charge in [0.1, 0.15) is 0 Å². The molecule has 0 unspecified atom stereocenters. The standard InChI is InChI=1S/C12H14O3/c1-2-3-10(13)6-4-9-5-7-11(14)12(15)8-9/h2-3,5,7-8,14-15H,4,6H2,1H3/b3-2+. The quantitative estimate of drug-likeness (QED) is 0.586. The number of rotatable bonds is 4. The number of hydrogen-bond acceptors (Lipinski definition) is 3. The molecule has 0 aromatic heterocycles. The van der Waals surface area contributed by atoms with Crippen LogP contribution in [-0.2, 0) is 11.2 Å². The molecule has 3 heteroatoms. The van der Waals surface area contributed by atoms with Crippen LogP contribution in [0.2, 0.25) is 0 Å². The Morgan fingerprint density at radius 1 is 1.33 bits per heavy atom. The summed E-state index contributed by atoms with van der Waals surface area (Å²) in [6.45, 7) is 1.80. The zero-order valence-corrected chi connectivity index (χ0v) is 8.60. The van der Waals surface area contributed by atoms with Crippen molar-refractivity contribution >= 4 is 5.78 Å². The minimum Gasteiger partial charge on any atom is -0.504 e. The van der Waals surface area contributed by atoms with Gasteiger partial charge < -0.3 is 10.2 Å². The third-order valence-electron chi connectivity index (χ3n) is 2.05. The monoisotopic (exact) mass is 206 g/mol. The van der Waals surface area contributed by atoms with Crippen LogP contribution in [0, 0.1) is 0 Å². The molecule has 0 aliphatic carbocycles. The molecule has 15 heavy (non-hydrogen) atoms. The van der Waals surface area contributed by atoms with Gasteiger partial charge in [0.05, 0.1) is 0 Å². The smallest absolute Gasteiger partial charge is 0.157 e. The van der Waals surface area contributed by atoms with Crippen molar-refractivity contribution in [2.75, 3.05) is 0 Å². The Morgan fingerprint density at radius 2 is 2.07 bits per heavy atom. The van der Waals surface area contributed by atoms with Gasteiger partial charge in [-0.2, -0.15) is 0 Å². The first-order valence-electron chi connectivity index (χ1n) is 4.80. The van der Waals surface area contributed by atoms with E-state index in [4.69, 9.17) is 5.11 Å². The molecule has 0 amide bonds. The Hall–Kier alpha value is -1.77. The molecule has 0 saturated carbocycles. The summed E-state index contributed by atoms with van der Waals surface area (Å²) in [5.74, 6) is -0.227. The van der Waals surface area contributed by atoms with E-state index >= 15 is 0 Å². The molecule has 80 valence electrons. The van der Waals surface area contributed by atoms with Gasteiger partial charge in [0.15, 0.2) is 17.3 Å². The first-order chi connectivity index (χ1) is 7.13. The number of carbonyl (C=O) groups excluding carboxylic acids is 1. The van der Waals surface area contributed by atoms with Crippen LogP contribution in [-0.4, -0.2) is 16.0 Å². The number of carbonyl (C=O) groups is 1. The van der Waals surface area contributed by atoms with Gasteiger partial charge in [-0.1, -0.05) is 12.1 Å². The second-order valence-corrected chi connectivity index (χ2v) is 3.29. The molecule has 0 bridgehead atoms. The van der Waals surface area contributed by atoms with Crippen molar-refractivity contribution in [3.05, 3.63) is 35.9 Å². The van der Waals surface area contributed by atoms with Crippen LogP contribution in [0.25, 0.3) is 0 Å². The lowest BCUT2D eigenvalue weighted by molar-refractivity contribution is -0.114. The van der Waals surface area contributed by atoms with Gasteiger partial charge in [-0.25, -0.2) is 0 Å². The molecule has 1 aromatic rings. The summed E-state index contributed by atoms with van der Waals surface area (Å²) in [6.07, 6.45) is 4.21. The second-order valence-electron chi connectivity index (χ2n) is 3.29. The van der Waals surface area contributed by atoms with Gasteiger partial charge >= 0.3 is 0 Å². The van der Waals surface area contributed by atoms with Crippen LogP contribution >= 0.6 is 0 Å². The van der Waals surface area contributed by atoms with E-state index in [1.807, 2.05) is 0 Å². The lowest BCUT2D eigenvalue weighted by atomic mass is 10.1. The highest BCUT2D eigenvalue weighted by atomic mass is 16.3. The van der Waals surface area contributed by atoms with Crippen molar-refractivity contribution in [1.82, 2.24) is 0 Å². The Kier molecular flexibility index (Phi) is 3.92. The van der Waals surface area contributed by atoms with E-state index in [1.165, 1.54) is 18.2 Å². The van der Waals surface area contributed by atoms with Crippen LogP contribution in [0.4, 0.5) is 0 Å². The molecule has 3 nitrogen and oxygen atoms in total. The fraction of sp³-hybridized carbons (Fsp3) is 0.250. The fourth-order valence-electron chi connectivity index (χ4n) is 1.26. The van der Waals surface area contributed by atoms with E-state index in [1.54, 1.807) is 19.1 Å². The average molecular weight is 206 g/mol. The summed E-state index contributed by atoms with van der Waals surface area (Å²) in [7, 11) is 0. The molecule has 0 aliphatic heterocycles. The van der Waals surface area contributed by atoms with E-state index in [2.05, 4.69) is 0 Å². The number of phenols is 2. The summed E-state index contributed by atoms with van der Waals surface area (Å²) < 4.78 is 0. The van der Waals surface area contributed by atoms with Crippen LogP contribution in [0.1, 0.15) is 18.9 Å². The Labute approximate surface area is 88.7 Å². The average Bonchev–Trinajstić information content (AvgIpc) is 2.20. The van der Waals surface area contributed by atoms with Crippen molar-refractivity contribution in [2.45, 2.75) is 19.8 Å². The minimum absolute atomic E-state index is 0.0602. The molecule has 0 atom stereocenters. The predicted octanol–water partition coefficient (Wildman–Crippen LogP) is 2.18. The SMILES string of the molecule is C/C=C/C(=O)CCc1ccc(O)c(O)c1. The Bertz CT molecular complexity index is 380. The molecule has 1 rings (SSSR count). The van der Waals surface area contributed by atoms with Crippen molar-refractivity contribution in [1.29, 1.82) is 0 Å². The number of hydrogen-bond donors (Lipinski definition) is 2. The fourth-order valence-corrected chi connectivity index (χ4v) is 1.26. The first kappa shape index (κ1) is 11.3. The van der Waals surface area contributed by atoms with Gasteiger partial charge in [-0.15, -0.1) is 0 Å². The van der Waals surface area contributed by atoms with E-state index in [0.717, 1.165) is 5.56 Å². The minimum atomic E-state index is -0.147. The largest absolute Gasteiger partial charge is 0.504 e. The summed E-state index contributed by atoms with van der Waals surface area (Å²) in [6, 6.07) is 4.58. The van der Waals surface area contributed by atoms with Crippen LogP contribution in [0.5, 0.6) is 11.5 Å². The lowest BCUT2D eigenvalue weighted by Crippen LogP contribution is -1.95. The lowest BCUT2D eigenvalue weighted by Gasteiger charge is -2.01. The maximum Gasteiger partial charge on any atom is 0.157 e. The maximum absolute atomic E-state index is 11.2. The molecule has 0 heterocycles. The molecule has 0 fully saturated rings. The summed E-state index contributed by atoms with van der Waals surface area (Å²) in [5, 5.41) is 18.3. The molecular formula is C12H14O3. The Balaban J connectivity index is 2.58. The van der Waals surface area contributed by atoms with Crippen molar-refractivity contribution in [3.63, 3.8) is 0 Å². The highest BCUT2D eigenvalue weighted by molar-refractivity contribution is 5.89. The second kappa shape index (κ2) is 5.20. The Morgan fingerprint density at radius 3 is 2.67 bits per heavy atom. The molecule has 0 saturated heterocycles. The topological polar surface area (TPSA) is 57.5 Å². The summed E-state index contributed by atoms with van der Waals surface area (Å²) >= 11 is 0. The molecule has 1 aromatic carbocycles. The number of ketones is 1. The normalized spacial score (nSPS) is 10.7. The molecule has 2 N–H and O–H groups in total. The third kappa shape index (κ3) is 3.46. The third-order valence-corrected chi connectivity index (χ3v) is 2.05. The van der Waals surface area contributed by atoms with Crippen LogP contribution < -0.4 is 0 Å². The van der Waals surface area contributed by atoms with Crippen molar-refractivity contribution in [3.8, 4) is 11.5 Å². The van der Waals surface area contributed by atoms with E-state index in [9.17, 15) is 9.90 Å². The van der Waals surface area contributed by atoms with Crippen molar-refractivity contribution < 1.29 is 15.0 Å². The van der Waals surface area contributed by atoms with Crippen LogP contribution in [0.3, 0.4) is 0 Å². The first-order valence-corrected chi connectivity index (χ1v) is 4.80. The van der Waals surface area contributed by atoms with Gasteiger partial charge in [-0.3, -0.25) is 4.79 Å². The van der Waals surface area contributed by atoms with E-state index in [0.29, 0.717) is 12.8 Å². The summed E-state index contributed by atoms with van der Waals surface area (Å²) in [5.41, 5.74) is 0.836. The summed E-state index contributed by atoms with van der Waals surface area (Å²) in [4.78, 5) is 11.2. The van der Waals surface area contributed by atoms with Gasteiger partial charge in [0.2, 0.25) is 0 Å². The maximum atomic E-state index is 11.2. The molecule has 0 spiro atoms. The van der Waals surface area contributed by atoms with E-state index in [-0.39, 0.29) is 17.3 Å². The molecule has 0 radical (unpaired) electrons. The number of phenolic OH excluding ortho intramolecular Hbond substituents is 2. The number of aromatic hydroxyl groups is 2. The van der Waals surface area contributed by atoms with Gasteiger partial charge in [0, 0.05) is 6.42 Å². The number of aryl methyl sites for hydroxylation is 1.